The van der Waals surface area contributed by atoms with Gasteiger partial charge in [0, 0.05) is 11.1 Å². The van der Waals surface area contributed by atoms with Gasteiger partial charge < -0.3 is 14.6 Å². The Bertz CT molecular complexity index is 802. The molecule has 0 amide bonds. The normalized spacial score (nSPS) is 12.1. The summed E-state index contributed by atoms with van der Waals surface area (Å²) in [7, 11) is 1.62. The number of hydrogen-bond donors (Lipinski definition) is 1. The first-order valence-corrected chi connectivity index (χ1v) is 8.00. The van der Waals surface area contributed by atoms with Crippen LogP contribution in [-0.2, 0) is 6.54 Å². The Morgan fingerprint density at radius 3 is 2.67 bits per heavy atom. The lowest BCUT2D eigenvalue weighted by atomic mass is 10.1. The molecule has 0 aliphatic rings. The molecule has 1 heterocycles. The van der Waals surface area contributed by atoms with Gasteiger partial charge in [-0.1, -0.05) is 41.0 Å². The topological polar surface area (TPSA) is 60.2 Å². The summed E-state index contributed by atoms with van der Waals surface area (Å²) >= 11 is 5.91. The highest BCUT2D eigenvalue weighted by Gasteiger charge is 2.13. The third kappa shape index (κ3) is 3.75. The van der Waals surface area contributed by atoms with Gasteiger partial charge in [-0.15, -0.1) is 0 Å². The summed E-state index contributed by atoms with van der Waals surface area (Å²) in [6, 6.07) is 15.5. The number of nitrogens with one attached hydrogen (secondary N) is 1. The number of halogens is 1. The number of para-hydroxylation sites is 1. The number of aromatic nitrogens is 2. The lowest BCUT2D eigenvalue weighted by Gasteiger charge is -2.12. The monoisotopic (exact) mass is 343 g/mol. The molecule has 1 atom stereocenters. The van der Waals surface area contributed by atoms with E-state index in [0.717, 1.165) is 16.1 Å². The first kappa shape index (κ1) is 16.5. The Kier molecular flexibility index (Phi) is 5.13. The molecule has 1 aromatic heterocycles. The Hall–Kier alpha value is -2.37. The molecule has 0 unspecified atom stereocenters. The zero-order valence-electron chi connectivity index (χ0n) is 13.5. The fourth-order valence-electron chi connectivity index (χ4n) is 2.38. The lowest BCUT2D eigenvalue weighted by Crippen LogP contribution is -2.18. The van der Waals surface area contributed by atoms with E-state index in [-0.39, 0.29) is 6.04 Å². The maximum Gasteiger partial charge on any atom is 0.240 e. The summed E-state index contributed by atoms with van der Waals surface area (Å²) in [5, 5.41) is 8.12. The van der Waals surface area contributed by atoms with Gasteiger partial charge in [0.25, 0.3) is 0 Å². The molecule has 0 fully saturated rings. The van der Waals surface area contributed by atoms with Crippen LogP contribution >= 0.6 is 11.6 Å². The van der Waals surface area contributed by atoms with Gasteiger partial charge >= 0.3 is 0 Å². The van der Waals surface area contributed by atoms with Crippen molar-refractivity contribution in [3.8, 4) is 17.1 Å². The summed E-state index contributed by atoms with van der Waals surface area (Å²) < 4.78 is 10.7. The van der Waals surface area contributed by atoms with E-state index >= 15 is 0 Å². The summed E-state index contributed by atoms with van der Waals surface area (Å²) in [6.07, 6.45) is 0. The highest BCUT2D eigenvalue weighted by atomic mass is 35.5. The van der Waals surface area contributed by atoms with Gasteiger partial charge in [-0.2, -0.15) is 4.98 Å². The van der Waals surface area contributed by atoms with Crippen LogP contribution in [0.5, 0.6) is 5.75 Å². The van der Waals surface area contributed by atoms with Crippen LogP contribution in [0.2, 0.25) is 5.02 Å². The SMILES string of the molecule is COc1ccccc1-c1noc(CN[C@@H](C)c2ccc(Cl)cc2)n1. The molecule has 24 heavy (non-hydrogen) atoms. The molecule has 0 bridgehead atoms. The van der Waals surface area contributed by atoms with Crippen molar-refractivity contribution in [2.24, 2.45) is 0 Å². The fourth-order valence-corrected chi connectivity index (χ4v) is 2.50. The van der Waals surface area contributed by atoms with Crippen molar-refractivity contribution >= 4 is 11.6 Å². The van der Waals surface area contributed by atoms with Crippen molar-refractivity contribution in [1.82, 2.24) is 15.5 Å². The summed E-state index contributed by atoms with van der Waals surface area (Å²) in [4.78, 5) is 4.43. The minimum absolute atomic E-state index is 0.142. The van der Waals surface area contributed by atoms with Crippen molar-refractivity contribution in [2.75, 3.05) is 7.11 Å². The molecule has 0 aliphatic carbocycles. The number of rotatable bonds is 6. The molecule has 5 nitrogen and oxygen atoms in total. The largest absolute Gasteiger partial charge is 0.496 e. The number of nitrogens with zero attached hydrogens (tertiary/aromatic N) is 2. The Morgan fingerprint density at radius 2 is 1.92 bits per heavy atom. The first-order chi connectivity index (χ1) is 11.7. The van der Waals surface area contributed by atoms with Crippen LogP contribution in [0.25, 0.3) is 11.4 Å². The van der Waals surface area contributed by atoms with Crippen molar-refractivity contribution in [3.63, 3.8) is 0 Å². The molecular formula is C18H18ClN3O2. The van der Waals surface area contributed by atoms with Crippen molar-refractivity contribution in [2.45, 2.75) is 19.5 Å². The third-order valence-corrected chi connectivity index (χ3v) is 4.00. The molecule has 2 aromatic carbocycles. The van der Waals surface area contributed by atoms with Crippen molar-refractivity contribution in [3.05, 3.63) is 65.0 Å². The van der Waals surface area contributed by atoms with Crippen LogP contribution < -0.4 is 10.1 Å². The van der Waals surface area contributed by atoms with E-state index in [1.807, 2.05) is 48.5 Å². The van der Waals surface area contributed by atoms with E-state index < -0.39 is 0 Å². The number of methoxy groups -OCH3 is 1. The summed E-state index contributed by atoms with van der Waals surface area (Å²) in [5.41, 5.74) is 1.95. The standard InChI is InChI=1S/C18H18ClN3O2/c1-12(13-7-9-14(19)10-8-13)20-11-17-21-18(22-24-17)15-5-3-4-6-16(15)23-2/h3-10,12,20H,11H2,1-2H3/t12-/m0/s1. The second-order valence-electron chi connectivity index (χ2n) is 5.37. The lowest BCUT2D eigenvalue weighted by molar-refractivity contribution is 0.360. The fraction of sp³-hybridized carbons (Fsp3) is 0.222. The van der Waals surface area contributed by atoms with E-state index in [9.17, 15) is 0 Å². The van der Waals surface area contributed by atoms with Crippen LogP contribution in [-0.4, -0.2) is 17.3 Å². The minimum atomic E-state index is 0.142. The molecule has 1 N–H and O–H groups in total. The molecule has 0 saturated heterocycles. The van der Waals surface area contributed by atoms with E-state index in [0.29, 0.717) is 24.0 Å². The van der Waals surface area contributed by atoms with Gasteiger partial charge in [-0.25, -0.2) is 0 Å². The van der Waals surface area contributed by atoms with Crippen LogP contribution in [0, 0.1) is 0 Å². The summed E-state index contributed by atoms with van der Waals surface area (Å²) in [5.74, 6) is 1.76. The molecular weight excluding hydrogens is 326 g/mol. The zero-order chi connectivity index (χ0) is 16.9. The molecule has 0 saturated carbocycles. The minimum Gasteiger partial charge on any atom is -0.496 e. The maximum atomic E-state index is 5.91. The van der Waals surface area contributed by atoms with Crippen LogP contribution in [0.1, 0.15) is 24.4 Å². The number of ether oxygens (including phenoxy) is 1. The second-order valence-corrected chi connectivity index (χ2v) is 5.80. The molecule has 3 rings (SSSR count). The number of hydrogen-bond acceptors (Lipinski definition) is 5. The third-order valence-electron chi connectivity index (χ3n) is 3.75. The van der Waals surface area contributed by atoms with Crippen LogP contribution in [0.15, 0.2) is 53.1 Å². The van der Waals surface area contributed by atoms with E-state index in [1.165, 1.54) is 0 Å². The Morgan fingerprint density at radius 1 is 1.17 bits per heavy atom. The van der Waals surface area contributed by atoms with Crippen LogP contribution in [0.4, 0.5) is 0 Å². The quantitative estimate of drug-likeness (QED) is 0.725. The van der Waals surface area contributed by atoms with Gasteiger partial charge in [0.1, 0.15) is 5.75 Å². The van der Waals surface area contributed by atoms with Gasteiger partial charge in [-0.3, -0.25) is 0 Å². The van der Waals surface area contributed by atoms with Crippen molar-refractivity contribution in [1.29, 1.82) is 0 Å². The van der Waals surface area contributed by atoms with E-state index in [4.69, 9.17) is 20.9 Å². The highest BCUT2D eigenvalue weighted by Crippen LogP contribution is 2.27. The van der Waals surface area contributed by atoms with Crippen LogP contribution in [0.3, 0.4) is 0 Å². The molecule has 124 valence electrons. The zero-order valence-corrected chi connectivity index (χ0v) is 14.2. The average Bonchev–Trinajstić information content (AvgIpc) is 3.09. The first-order valence-electron chi connectivity index (χ1n) is 7.62. The van der Waals surface area contributed by atoms with Gasteiger partial charge in [-0.05, 0) is 36.8 Å². The summed E-state index contributed by atoms with van der Waals surface area (Å²) in [6.45, 7) is 2.55. The Labute approximate surface area is 145 Å². The second kappa shape index (κ2) is 7.47. The predicted octanol–water partition coefficient (Wildman–Crippen LogP) is 4.25. The molecule has 0 aliphatic heterocycles. The maximum absolute atomic E-state index is 5.91. The predicted molar refractivity (Wildman–Crippen MR) is 93.0 cm³/mol. The number of benzene rings is 2. The highest BCUT2D eigenvalue weighted by molar-refractivity contribution is 6.30. The van der Waals surface area contributed by atoms with Gasteiger partial charge in [0.05, 0.1) is 19.2 Å². The Balaban J connectivity index is 1.67. The van der Waals surface area contributed by atoms with Crippen molar-refractivity contribution < 1.29 is 9.26 Å². The molecule has 6 heteroatoms. The van der Waals surface area contributed by atoms with Gasteiger partial charge in [0.2, 0.25) is 11.7 Å². The molecule has 0 spiro atoms. The van der Waals surface area contributed by atoms with E-state index in [1.54, 1.807) is 7.11 Å². The van der Waals surface area contributed by atoms with Gasteiger partial charge in [0.15, 0.2) is 0 Å². The average molecular weight is 344 g/mol. The van der Waals surface area contributed by atoms with E-state index in [2.05, 4.69) is 22.4 Å². The smallest absolute Gasteiger partial charge is 0.240 e. The molecule has 3 aromatic rings. The molecule has 0 radical (unpaired) electrons.